The molecule has 0 fully saturated rings. The minimum absolute atomic E-state index is 0.502. The van der Waals surface area contributed by atoms with E-state index < -0.39 is 0 Å². The van der Waals surface area contributed by atoms with Crippen LogP contribution in [0.5, 0.6) is 5.75 Å². The van der Waals surface area contributed by atoms with Gasteiger partial charge in [0.05, 0.1) is 7.11 Å². The van der Waals surface area contributed by atoms with Crippen LogP contribution in [0.2, 0.25) is 0 Å². The van der Waals surface area contributed by atoms with Crippen molar-refractivity contribution in [3.8, 4) is 5.75 Å². The number of nitrogens with two attached hydrogens (primary N) is 1. The van der Waals surface area contributed by atoms with Gasteiger partial charge in [-0.2, -0.15) is 0 Å². The average molecular weight is 225 g/mol. The van der Waals surface area contributed by atoms with Gasteiger partial charge in [0.2, 0.25) is 5.75 Å². The highest BCUT2D eigenvalue weighted by molar-refractivity contribution is 5.64. The van der Waals surface area contributed by atoms with E-state index in [1.807, 2.05) is 0 Å². The molecule has 1 heterocycles. The summed E-state index contributed by atoms with van der Waals surface area (Å²) in [6.07, 6.45) is 2.53. The molecule has 0 bridgehead atoms. The standard InChI is InChI=1S/C10H19N5O/c1-4-6-15(5-2)10-8(16-3)9(14-11)12-7-13-10/h7H,4-6,11H2,1-3H3,(H,12,13,14). The molecular weight excluding hydrogens is 206 g/mol. The second-order valence-corrected chi connectivity index (χ2v) is 3.30. The first-order chi connectivity index (χ1) is 7.78. The topological polar surface area (TPSA) is 76.3 Å². The number of methoxy groups -OCH3 is 1. The fourth-order valence-corrected chi connectivity index (χ4v) is 1.56. The lowest BCUT2D eigenvalue weighted by atomic mass is 10.3. The van der Waals surface area contributed by atoms with Crippen molar-refractivity contribution < 1.29 is 4.74 Å². The van der Waals surface area contributed by atoms with E-state index in [1.54, 1.807) is 7.11 Å². The molecule has 0 aliphatic rings. The lowest BCUT2D eigenvalue weighted by Gasteiger charge is -2.23. The summed E-state index contributed by atoms with van der Waals surface area (Å²) in [4.78, 5) is 10.4. The molecule has 1 aromatic heterocycles. The number of ether oxygens (including phenoxy) is 1. The lowest BCUT2D eigenvalue weighted by Crippen LogP contribution is -2.25. The fourth-order valence-electron chi connectivity index (χ4n) is 1.56. The quantitative estimate of drug-likeness (QED) is 0.556. The summed E-state index contributed by atoms with van der Waals surface area (Å²) in [5, 5.41) is 0. The van der Waals surface area contributed by atoms with Gasteiger partial charge in [0.1, 0.15) is 6.33 Å². The predicted octanol–water partition coefficient (Wildman–Crippen LogP) is 1.01. The normalized spacial score (nSPS) is 10.0. The van der Waals surface area contributed by atoms with Crippen LogP contribution < -0.4 is 20.9 Å². The third-order valence-electron chi connectivity index (χ3n) is 2.30. The third kappa shape index (κ3) is 2.52. The first kappa shape index (κ1) is 12.5. The van der Waals surface area contributed by atoms with Crippen molar-refractivity contribution in [3.63, 3.8) is 0 Å². The lowest BCUT2D eigenvalue weighted by molar-refractivity contribution is 0.412. The smallest absolute Gasteiger partial charge is 0.205 e. The molecule has 0 atom stereocenters. The first-order valence-electron chi connectivity index (χ1n) is 5.38. The molecule has 0 saturated heterocycles. The summed E-state index contributed by atoms with van der Waals surface area (Å²) in [7, 11) is 1.59. The first-order valence-corrected chi connectivity index (χ1v) is 5.38. The molecule has 90 valence electrons. The van der Waals surface area contributed by atoms with Gasteiger partial charge in [-0.25, -0.2) is 15.8 Å². The molecule has 0 spiro atoms. The van der Waals surface area contributed by atoms with E-state index in [4.69, 9.17) is 10.6 Å². The molecule has 16 heavy (non-hydrogen) atoms. The molecular formula is C10H19N5O. The largest absolute Gasteiger partial charge is 0.490 e. The molecule has 1 aromatic rings. The zero-order chi connectivity index (χ0) is 12.0. The average Bonchev–Trinajstić information content (AvgIpc) is 2.34. The molecule has 1 rings (SSSR count). The van der Waals surface area contributed by atoms with E-state index in [0.717, 1.165) is 25.3 Å². The Morgan fingerprint density at radius 3 is 2.69 bits per heavy atom. The van der Waals surface area contributed by atoms with Gasteiger partial charge in [-0.05, 0) is 13.3 Å². The molecule has 0 aliphatic carbocycles. The Bertz CT molecular complexity index is 331. The summed E-state index contributed by atoms with van der Waals surface area (Å²) in [5.74, 6) is 7.23. The van der Waals surface area contributed by atoms with Crippen LogP contribution in [0, 0.1) is 0 Å². The summed E-state index contributed by atoms with van der Waals surface area (Å²) < 4.78 is 5.29. The molecule has 6 heteroatoms. The van der Waals surface area contributed by atoms with Gasteiger partial charge in [-0.1, -0.05) is 6.92 Å². The number of hydrogen-bond donors (Lipinski definition) is 2. The van der Waals surface area contributed by atoms with Crippen LogP contribution in [-0.4, -0.2) is 30.2 Å². The third-order valence-corrected chi connectivity index (χ3v) is 2.30. The number of rotatable bonds is 6. The van der Waals surface area contributed by atoms with Gasteiger partial charge in [-0.15, -0.1) is 0 Å². The van der Waals surface area contributed by atoms with E-state index in [0.29, 0.717) is 11.6 Å². The van der Waals surface area contributed by atoms with Crippen molar-refractivity contribution in [1.29, 1.82) is 0 Å². The molecule has 0 amide bonds. The molecule has 0 saturated carbocycles. The molecule has 0 unspecified atom stereocenters. The Labute approximate surface area is 95.8 Å². The van der Waals surface area contributed by atoms with Crippen LogP contribution in [-0.2, 0) is 0 Å². The zero-order valence-corrected chi connectivity index (χ0v) is 10.0. The van der Waals surface area contributed by atoms with Crippen LogP contribution in [0.25, 0.3) is 0 Å². The van der Waals surface area contributed by atoms with E-state index in [9.17, 15) is 0 Å². The van der Waals surface area contributed by atoms with E-state index >= 15 is 0 Å². The van der Waals surface area contributed by atoms with E-state index in [2.05, 4.69) is 34.1 Å². The summed E-state index contributed by atoms with van der Waals surface area (Å²) in [6.45, 7) is 5.99. The van der Waals surface area contributed by atoms with Gasteiger partial charge >= 0.3 is 0 Å². The number of hydrazine groups is 1. The molecule has 0 radical (unpaired) electrons. The molecule has 0 aromatic carbocycles. The predicted molar refractivity (Wildman–Crippen MR) is 64.6 cm³/mol. The van der Waals surface area contributed by atoms with Crippen LogP contribution in [0.1, 0.15) is 20.3 Å². The van der Waals surface area contributed by atoms with Gasteiger partial charge in [0, 0.05) is 13.1 Å². The van der Waals surface area contributed by atoms with Gasteiger partial charge in [0.25, 0.3) is 0 Å². The van der Waals surface area contributed by atoms with Crippen molar-refractivity contribution in [2.75, 3.05) is 30.5 Å². The Morgan fingerprint density at radius 1 is 1.44 bits per heavy atom. The van der Waals surface area contributed by atoms with Crippen molar-refractivity contribution in [1.82, 2.24) is 9.97 Å². The highest BCUT2D eigenvalue weighted by atomic mass is 16.5. The zero-order valence-electron chi connectivity index (χ0n) is 10.0. The summed E-state index contributed by atoms with van der Waals surface area (Å²) in [6, 6.07) is 0. The van der Waals surface area contributed by atoms with Crippen molar-refractivity contribution in [3.05, 3.63) is 6.33 Å². The van der Waals surface area contributed by atoms with E-state index in [-0.39, 0.29) is 0 Å². The van der Waals surface area contributed by atoms with Crippen molar-refractivity contribution >= 4 is 11.6 Å². The van der Waals surface area contributed by atoms with Crippen molar-refractivity contribution in [2.45, 2.75) is 20.3 Å². The number of nitrogens with zero attached hydrogens (tertiary/aromatic N) is 3. The fraction of sp³-hybridized carbons (Fsp3) is 0.600. The van der Waals surface area contributed by atoms with Gasteiger partial charge < -0.3 is 15.1 Å². The van der Waals surface area contributed by atoms with Gasteiger partial charge in [0.15, 0.2) is 11.6 Å². The van der Waals surface area contributed by atoms with Crippen molar-refractivity contribution in [2.24, 2.45) is 5.84 Å². The second kappa shape index (κ2) is 6.12. The SMILES string of the molecule is CCCN(CC)c1ncnc(NN)c1OC. The Balaban J connectivity index is 3.09. The molecule has 6 nitrogen and oxygen atoms in total. The molecule has 0 aliphatic heterocycles. The van der Waals surface area contributed by atoms with Gasteiger partial charge in [-0.3, -0.25) is 0 Å². The Kier molecular flexibility index (Phi) is 4.78. The van der Waals surface area contributed by atoms with Crippen LogP contribution in [0.4, 0.5) is 11.6 Å². The number of nitrogens with one attached hydrogen (secondary N) is 1. The maximum absolute atomic E-state index is 5.37. The summed E-state index contributed by atoms with van der Waals surface area (Å²) >= 11 is 0. The van der Waals surface area contributed by atoms with Crippen LogP contribution in [0.15, 0.2) is 6.33 Å². The number of aromatic nitrogens is 2. The highest BCUT2D eigenvalue weighted by Gasteiger charge is 2.15. The minimum atomic E-state index is 0.502. The maximum Gasteiger partial charge on any atom is 0.205 e. The second-order valence-electron chi connectivity index (χ2n) is 3.30. The maximum atomic E-state index is 5.37. The highest BCUT2D eigenvalue weighted by Crippen LogP contribution is 2.31. The number of anilines is 2. The van der Waals surface area contributed by atoms with E-state index in [1.165, 1.54) is 6.33 Å². The summed E-state index contributed by atoms with van der Waals surface area (Å²) in [5.41, 5.74) is 2.51. The molecule has 3 N–H and O–H groups in total. The minimum Gasteiger partial charge on any atom is -0.490 e. The Hall–Kier alpha value is -1.56. The van der Waals surface area contributed by atoms with Crippen LogP contribution >= 0.6 is 0 Å². The number of hydrogen-bond acceptors (Lipinski definition) is 6. The number of nitrogen functional groups attached to an aromatic ring is 1. The monoisotopic (exact) mass is 225 g/mol. The Morgan fingerprint density at radius 2 is 2.19 bits per heavy atom. The van der Waals surface area contributed by atoms with Crippen LogP contribution in [0.3, 0.4) is 0 Å².